The first-order valence-electron chi connectivity index (χ1n) is 3.55. The average molecular weight is 166 g/mol. The minimum atomic E-state index is 0.0341. The first-order valence-corrected chi connectivity index (χ1v) is 4.43. The molecular weight excluding hydrogens is 156 g/mol. The molecule has 0 aliphatic carbocycles. The van der Waals surface area contributed by atoms with Gasteiger partial charge in [0, 0.05) is 4.90 Å². The predicted molar refractivity (Wildman–Crippen MR) is 48.6 cm³/mol. The fourth-order valence-corrected chi connectivity index (χ4v) is 2.03. The third-order valence-electron chi connectivity index (χ3n) is 1.69. The van der Waals surface area contributed by atoms with Gasteiger partial charge in [0.15, 0.2) is 0 Å². The summed E-state index contributed by atoms with van der Waals surface area (Å²) in [7, 11) is 0. The second kappa shape index (κ2) is 2.43. The van der Waals surface area contributed by atoms with Crippen LogP contribution >= 0.6 is 11.8 Å². The minimum Gasteiger partial charge on any atom is -0.360 e. The number of hydrogen-bond acceptors (Lipinski definition) is 3. The highest BCUT2D eigenvalue weighted by Crippen LogP contribution is 2.36. The minimum absolute atomic E-state index is 0.0341. The molecule has 1 aromatic rings. The Hall–Kier alpha value is -0.670. The average Bonchev–Trinajstić information content (AvgIpc) is 2.27. The molecule has 58 valence electrons. The van der Waals surface area contributed by atoms with Crippen LogP contribution in [0, 0.1) is 6.92 Å². The molecule has 0 fully saturated rings. The molecule has 1 aliphatic rings. The Morgan fingerprint density at radius 2 is 2.36 bits per heavy atom. The lowest BCUT2D eigenvalue weighted by molar-refractivity contribution is 1.08. The molecule has 0 saturated heterocycles. The van der Waals surface area contributed by atoms with Crippen LogP contribution in [-0.2, 0) is 0 Å². The van der Waals surface area contributed by atoms with Crippen molar-refractivity contribution in [3.05, 3.63) is 23.8 Å². The van der Waals surface area contributed by atoms with E-state index in [-0.39, 0.29) is 5.50 Å². The van der Waals surface area contributed by atoms with Gasteiger partial charge in [-0.2, -0.15) is 0 Å². The fraction of sp³-hybridized carbons (Fsp3) is 0.250. The van der Waals surface area contributed by atoms with Crippen molar-refractivity contribution in [2.45, 2.75) is 17.3 Å². The van der Waals surface area contributed by atoms with Crippen molar-refractivity contribution in [2.75, 3.05) is 5.32 Å². The second-order valence-corrected chi connectivity index (χ2v) is 3.87. The molecule has 1 aromatic carbocycles. The Kier molecular flexibility index (Phi) is 1.55. The Balaban J connectivity index is 2.43. The van der Waals surface area contributed by atoms with Crippen LogP contribution in [0.3, 0.4) is 0 Å². The van der Waals surface area contributed by atoms with Crippen LogP contribution in [-0.4, -0.2) is 5.50 Å². The number of thioether (sulfide) groups is 1. The van der Waals surface area contributed by atoms with Gasteiger partial charge < -0.3 is 11.1 Å². The van der Waals surface area contributed by atoms with E-state index in [1.807, 2.05) is 0 Å². The highest BCUT2D eigenvalue weighted by molar-refractivity contribution is 8.00. The summed E-state index contributed by atoms with van der Waals surface area (Å²) in [5, 5.41) is 3.18. The van der Waals surface area contributed by atoms with Crippen molar-refractivity contribution in [3.63, 3.8) is 0 Å². The molecule has 0 spiro atoms. The number of aryl methyl sites for hydroxylation is 1. The van der Waals surface area contributed by atoms with Gasteiger partial charge in [-0.3, -0.25) is 0 Å². The van der Waals surface area contributed by atoms with Crippen molar-refractivity contribution < 1.29 is 0 Å². The number of fused-ring (bicyclic) bond motifs is 1. The fourth-order valence-electron chi connectivity index (χ4n) is 1.18. The molecular formula is C8H10N2S. The molecule has 1 aliphatic heterocycles. The smallest absolute Gasteiger partial charge is 0.127 e. The molecule has 1 heterocycles. The van der Waals surface area contributed by atoms with Gasteiger partial charge in [-0.15, -0.1) is 0 Å². The molecule has 1 unspecified atom stereocenters. The molecule has 0 bridgehead atoms. The molecule has 1 atom stereocenters. The third kappa shape index (κ3) is 1.21. The van der Waals surface area contributed by atoms with E-state index in [9.17, 15) is 0 Å². The number of nitrogens with two attached hydrogens (primary N) is 1. The lowest BCUT2D eigenvalue weighted by Gasteiger charge is -2.00. The molecule has 0 aromatic heterocycles. The van der Waals surface area contributed by atoms with Crippen molar-refractivity contribution in [1.82, 2.24) is 0 Å². The summed E-state index contributed by atoms with van der Waals surface area (Å²) in [5.41, 5.74) is 8.16. The van der Waals surface area contributed by atoms with E-state index in [2.05, 4.69) is 30.4 Å². The summed E-state index contributed by atoms with van der Waals surface area (Å²) in [6.45, 7) is 2.08. The third-order valence-corrected chi connectivity index (χ3v) is 2.67. The van der Waals surface area contributed by atoms with Crippen LogP contribution in [0.25, 0.3) is 0 Å². The number of rotatable bonds is 0. The Morgan fingerprint density at radius 1 is 1.55 bits per heavy atom. The molecule has 3 N–H and O–H groups in total. The van der Waals surface area contributed by atoms with Crippen LogP contribution in [0.4, 0.5) is 5.69 Å². The number of benzene rings is 1. The number of nitrogens with one attached hydrogen (secondary N) is 1. The summed E-state index contributed by atoms with van der Waals surface area (Å²) in [4.78, 5) is 1.25. The second-order valence-electron chi connectivity index (χ2n) is 2.68. The van der Waals surface area contributed by atoms with E-state index in [4.69, 9.17) is 5.73 Å². The lowest BCUT2D eigenvalue weighted by Crippen LogP contribution is -2.20. The molecule has 0 radical (unpaired) electrons. The van der Waals surface area contributed by atoms with E-state index < -0.39 is 0 Å². The quantitative estimate of drug-likeness (QED) is 0.616. The molecule has 0 amide bonds. The highest BCUT2D eigenvalue weighted by Gasteiger charge is 2.16. The maximum absolute atomic E-state index is 5.69. The maximum Gasteiger partial charge on any atom is 0.127 e. The van der Waals surface area contributed by atoms with E-state index >= 15 is 0 Å². The Morgan fingerprint density at radius 3 is 3.18 bits per heavy atom. The molecule has 2 nitrogen and oxygen atoms in total. The van der Waals surface area contributed by atoms with Gasteiger partial charge in [0.2, 0.25) is 0 Å². The van der Waals surface area contributed by atoms with Crippen LogP contribution in [0.15, 0.2) is 23.1 Å². The number of hydrogen-bond donors (Lipinski definition) is 2. The Bertz CT molecular complexity index is 285. The van der Waals surface area contributed by atoms with Crippen molar-refractivity contribution in [3.8, 4) is 0 Å². The van der Waals surface area contributed by atoms with Crippen LogP contribution in [0.2, 0.25) is 0 Å². The molecule has 2 rings (SSSR count). The largest absolute Gasteiger partial charge is 0.360 e. The van der Waals surface area contributed by atoms with Crippen LogP contribution < -0.4 is 11.1 Å². The van der Waals surface area contributed by atoms with Gasteiger partial charge in [0.25, 0.3) is 0 Å². The maximum atomic E-state index is 5.69. The highest BCUT2D eigenvalue weighted by atomic mass is 32.2. The summed E-state index contributed by atoms with van der Waals surface area (Å²) < 4.78 is 0. The van der Waals surface area contributed by atoms with Gasteiger partial charge in [0.05, 0.1) is 5.69 Å². The topological polar surface area (TPSA) is 38.0 Å². The SMILES string of the molecule is Cc1ccc2c(c1)NC(N)S2. The van der Waals surface area contributed by atoms with Gasteiger partial charge in [-0.05, 0) is 24.6 Å². The van der Waals surface area contributed by atoms with Gasteiger partial charge in [-0.1, -0.05) is 17.8 Å². The Labute approximate surface area is 70.2 Å². The zero-order valence-electron chi connectivity index (χ0n) is 6.29. The van der Waals surface area contributed by atoms with Gasteiger partial charge in [0.1, 0.15) is 5.50 Å². The van der Waals surface area contributed by atoms with Crippen LogP contribution in [0.1, 0.15) is 5.56 Å². The van der Waals surface area contributed by atoms with Crippen molar-refractivity contribution >= 4 is 17.4 Å². The normalized spacial score (nSPS) is 21.1. The first-order chi connectivity index (χ1) is 5.25. The van der Waals surface area contributed by atoms with Crippen molar-refractivity contribution in [1.29, 1.82) is 0 Å². The van der Waals surface area contributed by atoms with E-state index in [1.54, 1.807) is 11.8 Å². The lowest BCUT2D eigenvalue weighted by atomic mass is 10.2. The van der Waals surface area contributed by atoms with E-state index in [0.717, 1.165) is 0 Å². The zero-order valence-corrected chi connectivity index (χ0v) is 7.11. The van der Waals surface area contributed by atoms with E-state index in [0.29, 0.717) is 0 Å². The zero-order chi connectivity index (χ0) is 7.84. The summed E-state index contributed by atoms with van der Waals surface area (Å²) in [6.07, 6.45) is 0. The predicted octanol–water partition coefficient (Wildman–Crippen LogP) is 1.75. The van der Waals surface area contributed by atoms with Crippen molar-refractivity contribution in [2.24, 2.45) is 5.73 Å². The summed E-state index contributed by atoms with van der Waals surface area (Å²) in [6, 6.07) is 6.33. The standard InChI is InChI=1S/C8H10N2S/c1-5-2-3-7-6(4-5)10-8(9)11-7/h2-4,8,10H,9H2,1H3. The van der Waals surface area contributed by atoms with Crippen LogP contribution in [0.5, 0.6) is 0 Å². The summed E-state index contributed by atoms with van der Waals surface area (Å²) in [5.74, 6) is 0. The molecule has 3 heteroatoms. The number of anilines is 1. The first kappa shape index (κ1) is 7.00. The summed E-state index contributed by atoms with van der Waals surface area (Å²) >= 11 is 1.67. The molecule has 11 heavy (non-hydrogen) atoms. The monoisotopic (exact) mass is 166 g/mol. The van der Waals surface area contributed by atoms with Gasteiger partial charge >= 0.3 is 0 Å². The van der Waals surface area contributed by atoms with E-state index in [1.165, 1.54) is 16.1 Å². The molecule has 0 saturated carbocycles. The van der Waals surface area contributed by atoms with Gasteiger partial charge in [-0.25, -0.2) is 0 Å².